The number of carbonyl (C=O) groups excluding carboxylic acids is 1. The first kappa shape index (κ1) is 18.0. The third-order valence-electron chi connectivity index (χ3n) is 3.57. The average molecular weight is 332 g/mol. The van der Waals surface area contributed by atoms with Gasteiger partial charge in [-0.05, 0) is 38.4 Å². The van der Waals surface area contributed by atoms with Crippen molar-refractivity contribution in [1.29, 1.82) is 0 Å². The summed E-state index contributed by atoms with van der Waals surface area (Å²) in [5.41, 5.74) is 9.61. The van der Waals surface area contributed by atoms with Crippen LogP contribution in [0.2, 0.25) is 0 Å². The molecule has 1 amide bonds. The van der Waals surface area contributed by atoms with Crippen molar-refractivity contribution in [3.05, 3.63) is 40.0 Å². The molecule has 24 heavy (non-hydrogen) atoms. The molecule has 1 fully saturated rings. The maximum Gasteiger partial charge on any atom is 0.410 e. The summed E-state index contributed by atoms with van der Waals surface area (Å²) in [6.45, 7) is 9.44. The van der Waals surface area contributed by atoms with Crippen molar-refractivity contribution < 1.29 is 9.53 Å². The molecule has 130 valence electrons. The Labute approximate surface area is 142 Å². The van der Waals surface area contributed by atoms with E-state index in [4.69, 9.17) is 10.3 Å². The predicted molar refractivity (Wildman–Crippen MR) is 90.2 cm³/mol. The van der Waals surface area contributed by atoms with Gasteiger partial charge in [-0.3, -0.25) is 9.88 Å². The highest BCUT2D eigenvalue weighted by Crippen LogP contribution is 2.13. The summed E-state index contributed by atoms with van der Waals surface area (Å²) >= 11 is 0. The van der Waals surface area contributed by atoms with Gasteiger partial charge in [0.25, 0.3) is 0 Å². The van der Waals surface area contributed by atoms with Crippen molar-refractivity contribution in [2.45, 2.75) is 39.5 Å². The number of azide groups is 1. The minimum Gasteiger partial charge on any atom is -0.444 e. The molecule has 0 spiro atoms. The smallest absolute Gasteiger partial charge is 0.410 e. The minimum absolute atomic E-state index is 0.253. The predicted octanol–water partition coefficient (Wildman–Crippen LogP) is 2.94. The molecule has 2 rings (SSSR count). The summed E-state index contributed by atoms with van der Waals surface area (Å²) in [6.07, 6.45) is -0.253. The number of piperazine rings is 1. The van der Waals surface area contributed by atoms with E-state index in [0.29, 0.717) is 19.6 Å². The Morgan fingerprint density at radius 2 is 1.96 bits per heavy atom. The van der Waals surface area contributed by atoms with Gasteiger partial charge < -0.3 is 9.64 Å². The van der Waals surface area contributed by atoms with Crippen molar-refractivity contribution in [2.24, 2.45) is 5.11 Å². The van der Waals surface area contributed by atoms with Crippen LogP contribution in [0.15, 0.2) is 23.3 Å². The molecule has 0 unspecified atom stereocenters. The molecule has 0 N–H and O–H groups in total. The van der Waals surface area contributed by atoms with Gasteiger partial charge in [-0.15, -0.1) is 0 Å². The van der Waals surface area contributed by atoms with E-state index in [1.165, 1.54) is 0 Å². The molecular weight excluding hydrogens is 308 g/mol. The van der Waals surface area contributed by atoms with Gasteiger partial charge in [0.15, 0.2) is 0 Å². The lowest BCUT2D eigenvalue weighted by atomic mass is 10.2. The van der Waals surface area contributed by atoms with E-state index in [9.17, 15) is 4.79 Å². The maximum atomic E-state index is 12.1. The normalized spacial score (nSPS) is 15.7. The second-order valence-electron chi connectivity index (χ2n) is 6.75. The van der Waals surface area contributed by atoms with Crippen LogP contribution in [-0.4, -0.2) is 52.7 Å². The Kier molecular flexibility index (Phi) is 6.00. The van der Waals surface area contributed by atoms with Crippen LogP contribution in [0.5, 0.6) is 0 Å². The van der Waals surface area contributed by atoms with Crippen molar-refractivity contribution in [2.75, 3.05) is 26.2 Å². The van der Waals surface area contributed by atoms with Crippen LogP contribution in [-0.2, 0) is 17.8 Å². The second-order valence-corrected chi connectivity index (χ2v) is 6.75. The average Bonchev–Trinajstić information content (AvgIpc) is 2.52. The van der Waals surface area contributed by atoms with E-state index < -0.39 is 5.60 Å². The molecule has 1 aliphatic heterocycles. The molecule has 0 radical (unpaired) electrons. The topological polar surface area (TPSA) is 94.4 Å². The molecule has 0 aromatic carbocycles. The number of carbonyl (C=O) groups is 1. The number of amides is 1. The van der Waals surface area contributed by atoms with Gasteiger partial charge in [0.2, 0.25) is 0 Å². The molecule has 0 saturated carbocycles. The fraction of sp³-hybridized carbons (Fsp3) is 0.625. The molecule has 2 heterocycles. The highest BCUT2D eigenvalue weighted by atomic mass is 16.6. The van der Waals surface area contributed by atoms with Crippen molar-refractivity contribution in [3.8, 4) is 0 Å². The Morgan fingerprint density at radius 1 is 1.29 bits per heavy atom. The van der Waals surface area contributed by atoms with Gasteiger partial charge in [-0.1, -0.05) is 11.2 Å². The quantitative estimate of drug-likeness (QED) is 0.481. The molecule has 1 saturated heterocycles. The van der Waals surface area contributed by atoms with E-state index in [1.54, 1.807) is 4.90 Å². The van der Waals surface area contributed by atoms with Gasteiger partial charge in [0.05, 0.1) is 12.2 Å². The zero-order valence-electron chi connectivity index (χ0n) is 14.5. The summed E-state index contributed by atoms with van der Waals surface area (Å²) < 4.78 is 5.40. The molecule has 8 heteroatoms. The highest BCUT2D eigenvalue weighted by Gasteiger charge is 2.25. The maximum absolute atomic E-state index is 12.1. The second kappa shape index (κ2) is 7.99. The molecule has 0 atom stereocenters. The van der Waals surface area contributed by atoms with E-state index >= 15 is 0 Å². The molecule has 0 bridgehead atoms. The van der Waals surface area contributed by atoms with Crippen LogP contribution in [0.4, 0.5) is 4.79 Å². The lowest BCUT2D eigenvalue weighted by molar-refractivity contribution is 0.0138. The molecule has 1 aromatic rings. The Balaban J connectivity index is 1.85. The van der Waals surface area contributed by atoms with E-state index in [-0.39, 0.29) is 12.6 Å². The number of pyridine rings is 1. The molecule has 8 nitrogen and oxygen atoms in total. The summed E-state index contributed by atoms with van der Waals surface area (Å²) in [5.74, 6) is 0. The van der Waals surface area contributed by atoms with E-state index in [2.05, 4.69) is 19.9 Å². The SMILES string of the molecule is CC(C)(C)OC(=O)N1CCN(Cc2cccc(CN=[N+]=[N-])n2)CC1. The van der Waals surface area contributed by atoms with Crippen molar-refractivity contribution >= 4 is 6.09 Å². The van der Waals surface area contributed by atoms with E-state index in [1.807, 2.05) is 39.0 Å². The Morgan fingerprint density at radius 3 is 2.58 bits per heavy atom. The Bertz CT molecular complexity index is 613. The van der Waals surface area contributed by atoms with Gasteiger partial charge in [0.1, 0.15) is 5.60 Å². The number of rotatable bonds is 4. The number of hydrogen-bond donors (Lipinski definition) is 0. The zero-order valence-corrected chi connectivity index (χ0v) is 14.5. The first-order valence-corrected chi connectivity index (χ1v) is 8.03. The third kappa shape index (κ3) is 5.72. The van der Waals surface area contributed by atoms with Gasteiger partial charge >= 0.3 is 6.09 Å². The van der Waals surface area contributed by atoms with Crippen molar-refractivity contribution in [3.63, 3.8) is 0 Å². The number of nitrogens with zero attached hydrogens (tertiary/aromatic N) is 6. The van der Waals surface area contributed by atoms with Crippen LogP contribution in [0.3, 0.4) is 0 Å². The van der Waals surface area contributed by atoms with E-state index in [0.717, 1.165) is 24.5 Å². The first-order valence-electron chi connectivity index (χ1n) is 8.03. The lowest BCUT2D eigenvalue weighted by Gasteiger charge is -2.35. The summed E-state index contributed by atoms with van der Waals surface area (Å²) in [6, 6.07) is 5.72. The van der Waals surface area contributed by atoms with Crippen LogP contribution in [0.1, 0.15) is 32.2 Å². The standard InChI is InChI=1S/C16H24N6O2/c1-16(2,3)24-15(23)22-9-7-21(8-10-22)12-14-6-4-5-13(19-14)11-18-20-17/h4-6H,7-12H2,1-3H3. The molecule has 0 aliphatic carbocycles. The fourth-order valence-electron chi connectivity index (χ4n) is 2.45. The minimum atomic E-state index is -0.468. The first-order chi connectivity index (χ1) is 11.4. The van der Waals surface area contributed by atoms with Crippen LogP contribution < -0.4 is 0 Å². The van der Waals surface area contributed by atoms with Gasteiger partial charge in [-0.25, -0.2) is 4.79 Å². The fourth-order valence-corrected chi connectivity index (χ4v) is 2.45. The third-order valence-corrected chi connectivity index (χ3v) is 3.57. The number of ether oxygens (including phenoxy) is 1. The monoisotopic (exact) mass is 332 g/mol. The zero-order chi connectivity index (χ0) is 17.6. The molecule has 1 aliphatic rings. The van der Waals surface area contributed by atoms with Crippen molar-refractivity contribution in [1.82, 2.24) is 14.8 Å². The highest BCUT2D eigenvalue weighted by molar-refractivity contribution is 5.68. The van der Waals surface area contributed by atoms with Crippen LogP contribution in [0.25, 0.3) is 10.4 Å². The Hall–Kier alpha value is -2.31. The summed E-state index contributed by atoms with van der Waals surface area (Å²) in [4.78, 5) is 23.3. The van der Waals surface area contributed by atoms with Crippen LogP contribution >= 0.6 is 0 Å². The number of hydrogen-bond acceptors (Lipinski definition) is 5. The van der Waals surface area contributed by atoms with Gasteiger partial charge in [0, 0.05) is 43.3 Å². The molecular formula is C16H24N6O2. The largest absolute Gasteiger partial charge is 0.444 e. The lowest BCUT2D eigenvalue weighted by Crippen LogP contribution is -2.49. The van der Waals surface area contributed by atoms with Crippen LogP contribution in [0, 0.1) is 0 Å². The number of aromatic nitrogens is 1. The molecule has 1 aromatic heterocycles. The summed E-state index contributed by atoms with van der Waals surface area (Å²) in [5, 5.41) is 3.53. The van der Waals surface area contributed by atoms with Gasteiger partial charge in [-0.2, -0.15) is 0 Å². The summed E-state index contributed by atoms with van der Waals surface area (Å²) in [7, 11) is 0.